The van der Waals surface area contributed by atoms with E-state index in [0.717, 1.165) is 41.8 Å². The number of aliphatic carboxylic acids is 1. The molecule has 0 spiro atoms. The number of aryl methyl sites for hydroxylation is 1. The van der Waals surface area contributed by atoms with Crippen LogP contribution in [0.15, 0.2) is 40.8 Å². The first-order valence-electron chi connectivity index (χ1n) is 12.4. The number of carboxylic acid groups (broad SMARTS) is 1. The van der Waals surface area contributed by atoms with Crippen LogP contribution in [-0.4, -0.2) is 39.5 Å². The summed E-state index contributed by atoms with van der Waals surface area (Å²) >= 11 is 0. The number of allylic oxidation sites excluding steroid dienone is 2. The smallest absolute Gasteiger partial charge is 0.326 e. The fourth-order valence-corrected chi connectivity index (χ4v) is 4.01. The summed E-state index contributed by atoms with van der Waals surface area (Å²) in [6, 6.07) is 4.78. The number of ether oxygens (including phenoxy) is 1. The van der Waals surface area contributed by atoms with Crippen LogP contribution in [-0.2, 0) is 29.0 Å². The van der Waals surface area contributed by atoms with E-state index in [9.17, 15) is 14.7 Å². The molecule has 1 aromatic heterocycles. The summed E-state index contributed by atoms with van der Waals surface area (Å²) < 4.78 is 11.7. The molecule has 3 rings (SSSR count). The number of unbranched alkanes of at least 4 members (excludes halogenated alkanes) is 1. The molecule has 0 saturated carbocycles. The van der Waals surface area contributed by atoms with E-state index in [4.69, 9.17) is 9.15 Å². The average Bonchev–Trinajstić information content (AvgIpc) is 3.17. The summed E-state index contributed by atoms with van der Waals surface area (Å²) in [7, 11) is 0. The zero-order chi connectivity index (χ0) is 25.4. The molecule has 1 N–H and O–H groups in total. The number of nitrogens with zero attached hydrogens (tertiary/aromatic N) is 2. The van der Waals surface area contributed by atoms with Gasteiger partial charge in [-0.1, -0.05) is 45.4 Å². The highest BCUT2D eigenvalue weighted by Crippen LogP contribution is 2.28. The predicted molar refractivity (Wildman–Crippen MR) is 135 cm³/mol. The lowest BCUT2D eigenvalue weighted by molar-refractivity contribution is -0.149. The molecule has 1 aliphatic heterocycles. The van der Waals surface area contributed by atoms with E-state index in [-0.39, 0.29) is 18.9 Å². The van der Waals surface area contributed by atoms with Gasteiger partial charge >= 0.3 is 5.97 Å². The number of carboxylic acids is 1. The minimum atomic E-state index is -0.991. The van der Waals surface area contributed by atoms with Gasteiger partial charge in [-0.05, 0) is 61.1 Å². The summed E-state index contributed by atoms with van der Waals surface area (Å²) in [5.41, 5.74) is 2.70. The van der Waals surface area contributed by atoms with E-state index in [1.165, 1.54) is 11.0 Å². The van der Waals surface area contributed by atoms with Gasteiger partial charge in [0.25, 0.3) is 0 Å². The minimum absolute atomic E-state index is 0.243. The SMILES string of the molecule is CCC/C=C/C(=O)N1Cc2cc(OCCc3nc(/C=C/CC(C)C)oc3C)ccc2C[C@H]1C(=O)O. The van der Waals surface area contributed by atoms with Gasteiger partial charge in [0, 0.05) is 19.4 Å². The van der Waals surface area contributed by atoms with Crippen LogP contribution in [0.25, 0.3) is 6.08 Å². The topological polar surface area (TPSA) is 92.9 Å². The van der Waals surface area contributed by atoms with Gasteiger partial charge in [0.2, 0.25) is 11.8 Å². The van der Waals surface area contributed by atoms with E-state index >= 15 is 0 Å². The molecule has 1 aromatic carbocycles. The Morgan fingerprint density at radius 2 is 2.09 bits per heavy atom. The lowest BCUT2D eigenvalue weighted by Gasteiger charge is -2.34. The molecule has 1 aliphatic rings. The van der Waals surface area contributed by atoms with Gasteiger partial charge in [0.1, 0.15) is 17.6 Å². The number of amides is 1. The number of hydrogen-bond donors (Lipinski definition) is 1. The number of fused-ring (bicyclic) bond motifs is 1. The first-order valence-corrected chi connectivity index (χ1v) is 12.4. The monoisotopic (exact) mass is 480 g/mol. The third-order valence-corrected chi connectivity index (χ3v) is 5.98. The van der Waals surface area contributed by atoms with Gasteiger partial charge in [0.05, 0.1) is 12.3 Å². The van der Waals surface area contributed by atoms with E-state index in [1.807, 2.05) is 38.1 Å². The molecule has 2 aromatic rings. The van der Waals surface area contributed by atoms with E-state index in [0.29, 0.717) is 30.6 Å². The number of aromatic nitrogens is 1. The Balaban J connectivity index is 1.63. The standard InChI is InChI=1S/C28H36N2O5/c1-5-6-7-11-27(31)30-18-22-16-23(13-12-21(22)17-25(30)28(32)33)34-15-14-24-20(4)35-26(29-24)10-8-9-19(2)3/h7-8,10-13,16,19,25H,5-6,9,14-15,17-18H2,1-4H3,(H,32,33)/b10-8+,11-7+/t25-/m0/s1. The Morgan fingerprint density at radius 1 is 1.29 bits per heavy atom. The Morgan fingerprint density at radius 3 is 2.80 bits per heavy atom. The molecule has 7 heteroatoms. The van der Waals surface area contributed by atoms with Crippen LogP contribution in [0, 0.1) is 12.8 Å². The van der Waals surface area contributed by atoms with Crippen molar-refractivity contribution in [1.29, 1.82) is 0 Å². The van der Waals surface area contributed by atoms with Crippen molar-refractivity contribution in [2.45, 2.75) is 72.4 Å². The van der Waals surface area contributed by atoms with Crippen molar-refractivity contribution in [3.63, 3.8) is 0 Å². The van der Waals surface area contributed by atoms with Crippen molar-refractivity contribution in [3.05, 3.63) is 64.9 Å². The first kappa shape index (κ1) is 26.3. The molecule has 0 radical (unpaired) electrons. The normalized spacial score (nSPS) is 15.8. The second kappa shape index (κ2) is 12.4. The van der Waals surface area contributed by atoms with Gasteiger partial charge in [-0.15, -0.1) is 0 Å². The maximum Gasteiger partial charge on any atom is 0.326 e. The molecular weight excluding hydrogens is 444 g/mol. The van der Waals surface area contributed by atoms with Crippen LogP contribution in [0.4, 0.5) is 0 Å². The molecule has 0 saturated heterocycles. The van der Waals surface area contributed by atoms with Crippen molar-refractivity contribution in [2.24, 2.45) is 5.92 Å². The molecule has 188 valence electrons. The summed E-state index contributed by atoms with van der Waals surface area (Å²) in [5, 5.41) is 9.67. The number of carbonyl (C=O) groups is 2. The number of hydrogen-bond acceptors (Lipinski definition) is 5. The van der Waals surface area contributed by atoms with Crippen LogP contribution in [0.3, 0.4) is 0 Å². The van der Waals surface area contributed by atoms with Gasteiger partial charge in [-0.2, -0.15) is 0 Å². The Kier molecular flexibility index (Phi) is 9.29. The molecule has 0 aliphatic carbocycles. The fraction of sp³-hybridized carbons (Fsp3) is 0.464. The highest BCUT2D eigenvalue weighted by Gasteiger charge is 2.33. The average molecular weight is 481 g/mol. The second-order valence-corrected chi connectivity index (χ2v) is 9.33. The molecule has 2 heterocycles. The van der Waals surface area contributed by atoms with Crippen LogP contribution in [0.5, 0.6) is 5.75 Å². The number of carbonyl (C=O) groups excluding carboxylic acids is 1. The summed E-state index contributed by atoms with van der Waals surface area (Å²) in [6.07, 6.45) is 10.9. The lowest BCUT2D eigenvalue weighted by atomic mass is 9.93. The largest absolute Gasteiger partial charge is 0.493 e. The predicted octanol–water partition coefficient (Wildman–Crippen LogP) is 5.36. The molecule has 7 nitrogen and oxygen atoms in total. The molecule has 0 bridgehead atoms. The second-order valence-electron chi connectivity index (χ2n) is 9.33. The Hall–Kier alpha value is -3.35. The van der Waals surface area contributed by atoms with Crippen molar-refractivity contribution in [2.75, 3.05) is 6.61 Å². The van der Waals surface area contributed by atoms with Crippen molar-refractivity contribution >= 4 is 18.0 Å². The van der Waals surface area contributed by atoms with E-state index in [2.05, 4.69) is 24.9 Å². The van der Waals surface area contributed by atoms with Crippen LogP contribution < -0.4 is 4.74 Å². The maximum atomic E-state index is 12.7. The maximum absolute atomic E-state index is 12.7. The molecule has 1 atom stereocenters. The zero-order valence-corrected chi connectivity index (χ0v) is 21.1. The zero-order valence-electron chi connectivity index (χ0n) is 21.1. The lowest BCUT2D eigenvalue weighted by Crippen LogP contribution is -2.48. The first-order chi connectivity index (χ1) is 16.8. The van der Waals surface area contributed by atoms with Gasteiger partial charge in [-0.3, -0.25) is 4.79 Å². The highest BCUT2D eigenvalue weighted by molar-refractivity contribution is 5.91. The molecule has 0 unspecified atom stereocenters. The Labute approximate surface area is 207 Å². The van der Waals surface area contributed by atoms with E-state index in [1.54, 1.807) is 6.08 Å². The minimum Gasteiger partial charge on any atom is -0.493 e. The third kappa shape index (κ3) is 7.31. The van der Waals surface area contributed by atoms with Gasteiger partial charge < -0.3 is 19.2 Å². The molecule has 0 fully saturated rings. The Bertz CT molecular complexity index is 1080. The quantitative estimate of drug-likeness (QED) is 0.435. The third-order valence-electron chi connectivity index (χ3n) is 5.98. The highest BCUT2D eigenvalue weighted by atomic mass is 16.5. The van der Waals surface area contributed by atoms with Crippen LogP contribution in [0.1, 0.15) is 68.5 Å². The van der Waals surface area contributed by atoms with Gasteiger partial charge in [0.15, 0.2) is 0 Å². The number of benzene rings is 1. The molecular formula is C28H36N2O5. The van der Waals surface area contributed by atoms with Crippen LogP contribution in [0.2, 0.25) is 0 Å². The molecule has 35 heavy (non-hydrogen) atoms. The van der Waals surface area contributed by atoms with Crippen molar-refractivity contribution in [3.8, 4) is 5.75 Å². The summed E-state index contributed by atoms with van der Waals surface area (Å²) in [6.45, 7) is 8.94. The molecule has 1 amide bonds. The number of oxazole rings is 1. The van der Waals surface area contributed by atoms with Gasteiger partial charge in [-0.25, -0.2) is 9.78 Å². The van der Waals surface area contributed by atoms with Crippen molar-refractivity contribution in [1.82, 2.24) is 9.88 Å². The summed E-state index contributed by atoms with van der Waals surface area (Å²) in [4.78, 5) is 30.5. The van der Waals surface area contributed by atoms with E-state index < -0.39 is 12.0 Å². The number of rotatable bonds is 11. The van der Waals surface area contributed by atoms with Crippen molar-refractivity contribution < 1.29 is 23.8 Å². The fourth-order valence-electron chi connectivity index (χ4n) is 4.01. The summed E-state index contributed by atoms with van der Waals surface area (Å²) in [5.74, 6) is 1.40. The van der Waals surface area contributed by atoms with Crippen LogP contribution >= 0.6 is 0 Å².